The Balaban J connectivity index is 0.000000193. The maximum Gasteiger partial charge on any atom is 0.320 e. The number of fused-ring (bicyclic) bond motifs is 4. The van der Waals surface area contributed by atoms with Crippen LogP contribution in [-0.4, -0.2) is 72.7 Å². The van der Waals surface area contributed by atoms with Gasteiger partial charge in [0.2, 0.25) is 0 Å². The van der Waals surface area contributed by atoms with Gasteiger partial charge in [0.1, 0.15) is 36.0 Å². The van der Waals surface area contributed by atoms with E-state index in [1.165, 1.54) is 68.8 Å². The Hall–Kier alpha value is -6.47. The number of alkyl halides is 1. The lowest BCUT2D eigenvalue weighted by molar-refractivity contribution is -0.231. The molecule has 5 heterocycles. The van der Waals surface area contributed by atoms with Gasteiger partial charge in [-0.3, -0.25) is 14.4 Å². The summed E-state index contributed by atoms with van der Waals surface area (Å²) < 4.78 is 67.3. The number of aromatic amines is 4. The molecule has 8 aromatic rings. The Bertz CT molecular complexity index is 2870. The summed E-state index contributed by atoms with van der Waals surface area (Å²) in [6, 6.07) is 20.7. The molecule has 17 heteroatoms. The molecule has 3 unspecified atom stereocenters. The van der Waals surface area contributed by atoms with E-state index in [0.717, 1.165) is 71.9 Å². The van der Waals surface area contributed by atoms with Crippen molar-refractivity contribution in [3.8, 4) is 0 Å². The monoisotopic (exact) mass is 1100 g/mol. The number of hydrogen-bond donors (Lipinski definition) is 5. The van der Waals surface area contributed by atoms with Crippen LogP contribution in [0.15, 0.2) is 104 Å². The standard InChI is InChI=1S/C14H16FNO2.C12H13FIN.C12H14FNO.C8H6FN.C6H8O4.C2H4O/c1-3-18-14(17)6-9(2)12-8-16-13-5-4-10(15)7-11(12)13;1-8(4-5-14)11-7-15-12-3-2-9(13)6-10(11)12;1-8(4-5-15)11-7-14-12-3-2-9(13)6-10(11)12;9-7-1-2-8-6(5-7)3-4-10-8;1-6(2)9-4(7)3-5(8)10-6;1-2-3/h4-5,7-9,16H,3,6H2,1-2H3;2-3,6-8,15H,4-5H2,1H3;2-3,6-8,14-15H,4-5H2,1H3;1-5,10H;3H2,1-2H3;2H,1H3. The van der Waals surface area contributed by atoms with Crippen LogP contribution in [0.5, 0.6) is 0 Å². The second kappa shape index (κ2) is 27.8. The van der Waals surface area contributed by atoms with Crippen LogP contribution >= 0.6 is 22.6 Å². The number of aliphatic hydroxyl groups excluding tert-OH is 1. The third-order valence-corrected chi connectivity index (χ3v) is 11.6. The maximum absolute atomic E-state index is 13.2. The fraction of sp³-hybridized carbons (Fsp3) is 0.333. The van der Waals surface area contributed by atoms with Crippen molar-refractivity contribution in [3.63, 3.8) is 0 Å². The van der Waals surface area contributed by atoms with E-state index in [9.17, 15) is 31.9 Å². The van der Waals surface area contributed by atoms with Gasteiger partial charge in [0.15, 0.2) is 0 Å². The van der Waals surface area contributed by atoms with Crippen molar-refractivity contribution in [1.82, 2.24) is 19.9 Å². The number of rotatable bonds is 10. The zero-order chi connectivity index (χ0) is 52.3. The molecule has 0 radical (unpaired) electrons. The molecular weight excluding hydrogens is 1040 g/mol. The van der Waals surface area contributed by atoms with Gasteiger partial charge < -0.3 is 44.0 Å². The largest absolute Gasteiger partial charge is 0.466 e. The fourth-order valence-corrected chi connectivity index (χ4v) is 8.53. The van der Waals surface area contributed by atoms with Crippen LogP contribution < -0.4 is 0 Å². The quantitative estimate of drug-likeness (QED) is 0.0224. The van der Waals surface area contributed by atoms with Crippen molar-refractivity contribution in [2.24, 2.45) is 0 Å². The number of hydrogen-bond acceptors (Lipinski definition) is 8. The molecule has 71 heavy (non-hydrogen) atoms. The molecule has 0 saturated carbocycles. The van der Waals surface area contributed by atoms with Crippen LogP contribution in [0, 0.1) is 23.3 Å². The first-order valence-corrected chi connectivity index (χ1v) is 24.5. The zero-order valence-corrected chi connectivity index (χ0v) is 42.9. The molecule has 12 nitrogen and oxygen atoms in total. The predicted molar refractivity (Wildman–Crippen MR) is 277 cm³/mol. The van der Waals surface area contributed by atoms with E-state index >= 15 is 0 Å². The molecule has 0 bridgehead atoms. The van der Waals surface area contributed by atoms with Gasteiger partial charge in [0.25, 0.3) is 5.79 Å². The highest BCUT2D eigenvalue weighted by molar-refractivity contribution is 14.1. The predicted octanol–water partition coefficient (Wildman–Crippen LogP) is 13.1. The molecule has 1 fully saturated rings. The molecule has 0 amide bonds. The van der Waals surface area contributed by atoms with E-state index in [-0.39, 0.29) is 54.1 Å². The smallest absolute Gasteiger partial charge is 0.320 e. The van der Waals surface area contributed by atoms with Crippen LogP contribution in [0.25, 0.3) is 43.6 Å². The highest BCUT2D eigenvalue weighted by atomic mass is 127. The number of esters is 3. The first kappa shape index (κ1) is 57.1. The van der Waals surface area contributed by atoms with Crippen LogP contribution in [-0.2, 0) is 33.4 Å². The zero-order valence-electron chi connectivity index (χ0n) is 40.8. The van der Waals surface area contributed by atoms with Gasteiger partial charge in [0.05, 0.1) is 13.0 Å². The number of ether oxygens (including phenoxy) is 3. The van der Waals surface area contributed by atoms with Gasteiger partial charge in [0, 0.05) is 93.3 Å². The summed E-state index contributed by atoms with van der Waals surface area (Å²) in [4.78, 5) is 53.7. The SMILES string of the molecule is CC(CCI)c1c[nH]c2ccc(F)cc12.CC(CCO)c1c[nH]c2ccc(F)cc12.CC1(C)OC(=O)CC(=O)O1.CC=O.CCOC(=O)CC(C)c1c[nH]c2ccc(F)cc12.Fc1ccc2[nH]ccc2c1. The van der Waals surface area contributed by atoms with Crippen molar-refractivity contribution in [3.05, 3.63) is 144 Å². The van der Waals surface area contributed by atoms with Crippen molar-refractivity contribution in [2.45, 2.75) is 97.7 Å². The average molecular weight is 1100 g/mol. The summed E-state index contributed by atoms with van der Waals surface area (Å²) in [5.74, 6) is -2.48. The van der Waals surface area contributed by atoms with Crippen LogP contribution in [0.4, 0.5) is 17.6 Å². The number of aromatic nitrogens is 4. The van der Waals surface area contributed by atoms with Crippen molar-refractivity contribution >= 4 is 90.4 Å². The maximum atomic E-state index is 13.2. The first-order valence-electron chi connectivity index (χ1n) is 23.0. The summed E-state index contributed by atoms with van der Waals surface area (Å²) in [7, 11) is 0. The van der Waals surface area contributed by atoms with Crippen molar-refractivity contribution < 1.29 is 56.1 Å². The molecular formula is C54H61F4IN4O8. The Labute approximate surface area is 423 Å². The number of carbonyl (C=O) groups excluding carboxylic acids is 4. The molecule has 3 atom stereocenters. The van der Waals surface area contributed by atoms with E-state index < -0.39 is 17.7 Å². The van der Waals surface area contributed by atoms with Crippen LogP contribution in [0.1, 0.15) is 109 Å². The Kier molecular flexibility index (Phi) is 22.4. The molecule has 4 aromatic carbocycles. The third-order valence-electron chi connectivity index (χ3n) is 11.0. The van der Waals surface area contributed by atoms with E-state index in [1.54, 1.807) is 43.5 Å². The number of aliphatic hydroxyl groups is 1. The average Bonchev–Trinajstić information content (AvgIpc) is 4.13. The van der Waals surface area contributed by atoms with E-state index in [2.05, 4.69) is 58.9 Å². The van der Waals surface area contributed by atoms with E-state index in [4.69, 9.17) is 14.6 Å². The van der Waals surface area contributed by atoms with Gasteiger partial charge in [-0.2, -0.15) is 0 Å². The number of cyclic esters (lactones) is 2. The van der Waals surface area contributed by atoms with Gasteiger partial charge in [-0.1, -0.05) is 43.4 Å². The van der Waals surface area contributed by atoms with Gasteiger partial charge >= 0.3 is 17.9 Å². The van der Waals surface area contributed by atoms with Crippen molar-refractivity contribution in [1.29, 1.82) is 0 Å². The number of carbonyl (C=O) groups is 4. The minimum Gasteiger partial charge on any atom is -0.466 e. The number of aldehydes is 1. The third kappa shape index (κ3) is 17.4. The Morgan fingerprint density at radius 2 is 1.10 bits per heavy atom. The lowest BCUT2D eigenvalue weighted by Gasteiger charge is -2.28. The number of halogens is 5. The lowest BCUT2D eigenvalue weighted by atomic mass is 9.97. The molecule has 0 aliphatic carbocycles. The highest BCUT2D eigenvalue weighted by Gasteiger charge is 2.34. The highest BCUT2D eigenvalue weighted by Crippen LogP contribution is 2.31. The molecule has 1 aliphatic rings. The van der Waals surface area contributed by atoms with Crippen molar-refractivity contribution in [2.75, 3.05) is 17.6 Å². The molecule has 4 aromatic heterocycles. The van der Waals surface area contributed by atoms with Gasteiger partial charge in [-0.15, -0.1) is 0 Å². The first-order chi connectivity index (χ1) is 33.8. The lowest BCUT2D eigenvalue weighted by Crippen LogP contribution is -2.39. The fourth-order valence-electron chi connectivity index (χ4n) is 7.60. The summed E-state index contributed by atoms with van der Waals surface area (Å²) in [6.45, 7) is 12.9. The second-order valence-corrected chi connectivity index (χ2v) is 18.1. The topological polar surface area (TPSA) is 179 Å². The second-order valence-electron chi connectivity index (χ2n) is 17.0. The summed E-state index contributed by atoms with van der Waals surface area (Å²) in [5, 5.41) is 12.6. The summed E-state index contributed by atoms with van der Waals surface area (Å²) in [5.41, 5.74) is 7.05. The molecule has 1 saturated heterocycles. The van der Waals surface area contributed by atoms with Gasteiger partial charge in [-0.05, 0) is 140 Å². The number of benzene rings is 4. The molecule has 1 aliphatic heterocycles. The Morgan fingerprint density at radius 1 is 0.690 bits per heavy atom. The molecule has 380 valence electrons. The van der Waals surface area contributed by atoms with Gasteiger partial charge in [-0.25, -0.2) is 17.6 Å². The molecule has 9 rings (SSSR count). The number of H-pyrrole nitrogens is 4. The van der Waals surface area contributed by atoms with E-state index in [0.29, 0.717) is 25.4 Å². The summed E-state index contributed by atoms with van der Waals surface area (Å²) >= 11 is 2.37. The Morgan fingerprint density at radius 3 is 1.51 bits per heavy atom. The molecule has 5 N–H and O–H groups in total. The minimum absolute atomic E-state index is 0.000370. The number of nitrogens with one attached hydrogen (secondary N) is 4. The molecule has 0 spiro atoms. The minimum atomic E-state index is -1.08. The van der Waals surface area contributed by atoms with E-state index in [1.807, 2.05) is 38.5 Å². The van der Waals surface area contributed by atoms with Crippen LogP contribution in [0.2, 0.25) is 0 Å². The normalized spacial score (nSPS) is 13.8. The van der Waals surface area contributed by atoms with Crippen LogP contribution in [0.3, 0.4) is 0 Å². The summed E-state index contributed by atoms with van der Waals surface area (Å²) in [6.07, 6.45) is 10.1.